The van der Waals surface area contributed by atoms with Gasteiger partial charge in [0.25, 0.3) is 0 Å². The molecule has 1 N–H and O–H groups in total. The monoisotopic (exact) mass is 278 g/mol. The van der Waals surface area contributed by atoms with Gasteiger partial charge in [0.15, 0.2) is 5.15 Å². The topological polar surface area (TPSA) is 55.2 Å². The average molecular weight is 279 g/mol. The highest BCUT2D eigenvalue weighted by Gasteiger charge is 2.08. The van der Waals surface area contributed by atoms with Gasteiger partial charge in [-0.3, -0.25) is 0 Å². The minimum Gasteiger partial charge on any atom is -0.507 e. The van der Waals surface area contributed by atoms with Gasteiger partial charge in [-0.2, -0.15) is 0 Å². The summed E-state index contributed by atoms with van der Waals surface area (Å²) in [5, 5.41) is 18.0. The first kappa shape index (κ1) is 13.6. The van der Waals surface area contributed by atoms with Crippen molar-refractivity contribution < 1.29 is 9.84 Å². The molecule has 0 aliphatic heterocycles. The van der Waals surface area contributed by atoms with E-state index in [0.29, 0.717) is 28.8 Å². The lowest BCUT2D eigenvalue weighted by atomic mass is 10.1. The van der Waals surface area contributed by atoms with E-state index in [0.717, 1.165) is 12.8 Å². The van der Waals surface area contributed by atoms with Crippen molar-refractivity contribution in [3.8, 4) is 22.8 Å². The van der Waals surface area contributed by atoms with Gasteiger partial charge in [0.05, 0.1) is 12.3 Å². The molecule has 2 aromatic rings. The van der Waals surface area contributed by atoms with Gasteiger partial charge in [-0.15, -0.1) is 10.2 Å². The number of ether oxygens (including phenoxy) is 1. The van der Waals surface area contributed by atoms with Crippen molar-refractivity contribution in [2.45, 2.75) is 19.8 Å². The summed E-state index contributed by atoms with van der Waals surface area (Å²) in [6.07, 6.45) is 2.07. The molecule has 5 heteroatoms. The molecule has 1 heterocycles. The third kappa shape index (κ3) is 3.58. The van der Waals surface area contributed by atoms with Gasteiger partial charge >= 0.3 is 0 Å². The minimum atomic E-state index is 0.116. The highest BCUT2D eigenvalue weighted by atomic mass is 35.5. The Labute approximate surface area is 117 Å². The lowest BCUT2D eigenvalue weighted by Gasteiger charge is -2.08. The van der Waals surface area contributed by atoms with Crippen molar-refractivity contribution in [3.63, 3.8) is 0 Å². The standard InChI is InChI=1S/C14H15ClN2O2/c1-2-3-8-19-10-4-5-11(13(18)9-10)12-6-7-14(15)17-16-12/h4-7,9,18H,2-3,8H2,1H3. The molecule has 0 bridgehead atoms. The fourth-order valence-electron chi connectivity index (χ4n) is 1.61. The van der Waals surface area contributed by atoms with Gasteiger partial charge < -0.3 is 9.84 Å². The molecule has 0 spiro atoms. The van der Waals surface area contributed by atoms with E-state index in [-0.39, 0.29) is 5.75 Å². The van der Waals surface area contributed by atoms with Crippen LogP contribution in [0.2, 0.25) is 5.15 Å². The fraction of sp³-hybridized carbons (Fsp3) is 0.286. The summed E-state index contributed by atoms with van der Waals surface area (Å²) in [5.41, 5.74) is 1.18. The molecule has 100 valence electrons. The zero-order valence-corrected chi connectivity index (χ0v) is 11.4. The highest BCUT2D eigenvalue weighted by Crippen LogP contribution is 2.31. The van der Waals surface area contributed by atoms with E-state index in [2.05, 4.69) is 17.1 Å². The van der Waals surface area contributed by atoms with Crippen LogP contribution in [0.5, 0.6) is 11.5 Å². The number of hydrogen-bond acceptors (Lipinski definition) is 4. The van der Waals surface area contributed by atoms with E-state index in [1.807, 2.05) is 0 Å². The third-order valence-electron chi connectivity index (χ3n) is 2.64. The van der Waals surface area contributed by atoms with E-state index in [1.165, 1.54) is 0 Å². The summed E-state index contributed by atoms with van der Waals surface area (Å²) < 4.78 is 5.52. The van der Waals surface area contributed by atoms with Crippen molar-refractivity contribution in [1.29, 1.82) is 0 Å². The van der Waals surface area contributed by atoms with Gasteiger partial charge in [0.1, 0.15) is 11.5 Å². The average Bonchev–Trinajstić information content (AvgIpc) is 2.41. The normalized spacial score (nSPS) is 10.4. The molecule has 0 saturated heterocycles. The first-order valence-corrected chi connectivity index (χ1v) is 6.54. The highest BCUT2D eigenvalue weighted by molar-refractivity contribution is 6.29. The number of phenols is 1. The van der Waals surface area contributed by atoms with E-state index < -0.39 is 0 Å². The SMILES string of the molecule is CCCCOc1ccc(-c2ccc(Cl)nn2)c(O)c1. The molecule has 2 rings (SSSR count). The van der Waals surface area contributed by atoms with Crippen LogP contribution in [0.3, 0.4) is 0 Å². The molecule has 1 aromatic heterocycles. The quantitative estimate of drug-likeness (QED) is 0.848. The summed E-state index contributed by atoms with van der Waals surface area (Å²) in [4.78, 5) is 0. The summed E-state index contributed by atoms with van der Waals surface area (Å²) in [6.45, 7) is 2.75. The Morgan fingerprint density at radius 2 is 2.05 bits per heavy atom. The zero-order chi connectivity index (χ0) is 13.7. The van der Waals surface area contributed by atoms with Crippen molar-refractivity contribution >= 4 is 11.6 Å². The van der Waals surface area contributed by atoms with Crippen molar-refractivity contribution in [2.24, 2.45) is 0 Å². The Morgan fingerprint density at radius 3 is 2.68 bits per heavy atom. The van der Waals surface area contributed by atoms with Crippen molar-refractivity contribution in [2.75, 3.05) is 6.61 Å². The fourth-order valence-corrected chi connectivity index (χ4v) is 1.71. The Hall–Kier alpha value is -1.81. The molecule has 4 nitrogen and oxygen atoms in total. The van der Waals surface area contributed by atoms with E-state index in [4.69, 9.17) is 16.3 Å². The van der Waals surface area contributed by atoms with Gasteiger partial charge in [-0.25, -0.2) is 0 Å². The largest absolute Gasteiger partial charge is 0.507 e. The number of rotatable bonds is 5. The Morgan fingerprint density at radius 1 is 1.21 bits per heavy atom. The number of benzene rings is 1. The molecular formula is C14H15ClN2O2. The molecule has 19 heavy (non-hydrogen) atoms. The van der Waals surface area contributed by atoms with Crippen molar-refractivity contribution in [1.82, 2.24) is 10.2 Å². The second-order valence-corrected chi connectivity index (χ2v) is 4.51. The van der Waals surface area contributed by atoms with E-state index in [1.54, 1.807) is 30.3 Å². The molecule has 0 radical (unpaired) electrons. The predicted octanol–water partition coefficient (Wildman–Crippen LogP) is 3.68. The maximum absolute atomic E-state index is 9.99. The van der Waals surface area contributed by atoms with E-state index in [9.17, 15) is 5.11 Å². The molecule has 0 atom stereocenters. The molecule has 0 unspecified atom stereocenters. The minimum absolute atomic E-state index is 0.116. The first-order valence-electron chi connectivity index (χ1n) is 6.16. The second kappa shape index (κ2) is 6.38. The number of nitrogens with zero attached hydrogens (tertiary/aromatic N) is 2. The Bertz CT molecular complexity index is 544. The summed E-state index contributed by atoms with van der Waals surface area (Å²) >= 11 is 5.68. The summed E-state index contributed by atoms with van der Waals surface area (Å²) in [5.74, 6) is 0.766. The van der Waals surface area contributed by atoms with Gasteiger partial charge in [-0.1, -0.05) is 24.9 Å². The number of aromatic nitrogens is 2. The molecule has 0 saturated carbocycles. The maximum Gasteiger partial charge on any atom is 0.151 e. The van der Waals surface area contributed by atoms with Crippen LogP contribution in [-0.4, -0.2) is 21.9 Å². The maximum atomic E-state index is 9.99. The summed E-state index contributed by atoms with van der Waals surface area (Å²) in [6, 6.07) is 8.49. The van der Waals surface area contributed by atoms with Crippen LogP contribution < -0.4 is 4.74 Å². The van der Waals surface area contributed by atoms with Gasteiger partial charge in [0.2, 0.25) is 0 Å². The Kier molecular flexibility index (Phi) is 4.58. The number of unbranched alkanes of at least 4 members (excludes halogenated alkanes) is 1. The zero-order valence-electron chi connectivity index (χ0n) is 10.6. The number of halogens is 1. The van der Waals surface area contributed by atoms with Gasteiger partial charge in [-0.05, 0) is 30.7 Å². The molecule has 0 aliphatic rings. The third-order valence-corrected chi connectivity index (χ3v) is 2.85. The van der Waals surface area contributed by atoms with Crippen molar-refractivity contribution in [3.05, 3.63) is 35.5 Å². The number of phenolic OH excluding ortho intramolecular Hbond substituents is 1. The molecular weight excluding hydrogens is 264 g/mol. The smallest absolute Gasteiger partial charge is 0.151 e. The van der Waals surface area contributed by atoms with Crippen LogP contribution in [0, 0.1) is 0 Å². The van der Waals surface area contributed by atoms with Crippen LogP contribution in [0.1, 0.15) is 19.8 Å². The lowest BCUT2D eigenvalue weighted by molar-refractivity contribution is 0.308. The molecule has 0 amide bonds. The van der Waals surface area contributed by atoms with Crippen LogP contribution in [0.15, 0.2) is 30.3 Å². The first-order chi connectivity index (χ1) is 9.20. The van der Waals surface area contributed by atoms with Crippen LogP contribution >= 0.6 is 11.6 Å². The van der Waals surface area contributed by atoms with Crippen LogP contribution in [-0.2, 0) is 0 Å². The molecule has 0 fully saturated rings. The second-order valence-electron chi connectivity index (χ2n) is 4.12. The molecule has 0 aliphatic carbocycles. The van der Waals surface area contributed by atoms with E-state index >= 15 is 0 Å². The summed E-state index contributed by atoms with van der Waals surface area (Å²) in [7, 11) is 0. The van der Waals surface area contributed by atoms with Crippen LogP contribution in [0.25, 0.3) is 11.3 Å². The number of hydrogen-bond donors (Lipinski definition) is 1. The van der Waals surface area contributed by atoms with Crippen LogP contribution in [0.4, 0.5) is 0 Å². The molecule has 1 aromatic carbocycles. The van der Waals surface area contributed by atoms with Gasteiger partial charge in [0, 0.05) is 11.6 Å². The number of aromatic hydroxyl groups is 1. The predicted molar refractivity (Wildman–Crippen MR) is 74.5 cm³/mol. The lowest BCUT2D eigenvalue weighted by Crippen LogP contribution is -1.96. The Balaban J connectivity index is 2.17.